The molecule has 2 aliphatic rings. The molecular formula is C24H18FN5OS. The minimum absolute atomic E-state index is 0.0429. The van der Waals surface area contributed by atoms with Crippen LogP contribution in [0, 0.1) is 11.2 Å². The lowest BCUT2D eigenvalue weighted by Gasteiger charge is -2.20. The number of amides is 1. The van der Waals surface area contributed by atoms with Gasteiger partial charge in [0.25, 0.3) is 5.91 Å². The number of hydrazone groups is 1. The summed E-state index contributed by atoms with van der Waals surface area (Å²) in [4.78, 5) is 16.9. The lowest BCUT2D eigenvalue weighted by Crippen LogP contribution is -2.35. The average Bonchev–Trinajstić information content (AvgIpc) is 3.44. The standard InChI is InChI=1S/C24H18FN5OS/c1-2-15-5-11-18(12-6-15)29-13-3-4-19(29)14-20-21(26)30-24(27-22(20)31)32-23(28-30)16-7-9-17(25)10-8-16/h3-14,26H,2H2,1H3/b20-14-,26-21?. The van der Waals surface area contributed by atoms with E-state index in [2.05, 4.69) is 29.2 Å². The summed E-state index contributed by atoms with van der Waals surface area (Å²) in [5.74, 6) is -0.870. The Bertz CT molecular complexity index is 1320. The number of nitrogens with one attached hydrogen (secondary N) is 1. The normalized spacial score (nSPS) is 16.9. The fourth-order valence-corrected chi connectivity index (χ4v) is 4.38. The van der Waals surface area contributed by atoms with Crippen molar-refractivity contribution < 1.29 is 9.18 Å². The van der Waals surface area contributed by atoms with E-state index < -0.39 is 5.91 Å². The van der Waals surface area contributed by atoms with Gasteiger partial charge in [0.1, 0.15) is 10.9 Å². The molecule has 0 aliphatic carbocycles. The molecule has 0 saturated heterocycles. The molecule has 0 atom stereocenters. The first kappa shape index (κ1) is 20.1. The van der Waals surface area contributed by atoms with Crippen LogP contribution in [0.25, 0.3) is 11.8 Å². The predicted molar refractivity (Wildman–Crippen MR) is 126 cm³/mol. The highest BCUT2D eigenvalue weighted by Crippen LogP contribution is 2.31. The molecule has 3 heterocycles. The van der Waals surface area contributed by atoms with Crippen molar-refractivity contribution >= 4 is 39.8 Å². The van der Waals surface area contributed by atoms with Crippen LogP contribution >= 0.6 is 11.8 Å². The molecule has 158 valence electrons. The Labute approximate surface area is 188 Å². The summed E-state index contributed by atoms with van der Waals surface area (Å²) in [6.45, 7) is 2.11. The quantitative estimate of drug-likeness (QED) is 0.586. The van der Waals surface area contributed by atoms with Crippen molar-refractivity contribution in [1.82, 2.24) is 9.58 Å². The first-order valence-corrected chi connectivity index (χ1v) is 10.9. The maximum Gasteiger partial charge on any atom is 0.283 e. The number of nitrogens with zero attached hydrogens (tertiary/aromatic N) is 4. The van der Waals surface area contributed by atoms with Gasteiger partial charge in [0.2, 0.25) is 5.17 Å². The molecule has 8 heteroatoms. The van der Waals surface area contributed by atoms with Crippen LogP contribution in [0.4, 0.5) is 4.39 Å². The minimum Gasteiger partial charge on any atom is -0.317 e. The second kappa shape index (κ2) is 8.05. The molecule has 1 amide bonds. The Hall–Kier alpha value is -3.78. The third-order valence-electron chi connectivity index (χ3n) is 5.24. The van der Waals surface area contributed by atoms with Gasteiger partial charge in [0, 0.05) is 23.1 Å². The number of carbonyl (C=O) groups excluding carboxylic acids is 1. The van der Waals surface area contributed by atoms with Gasteiger partial charge in [0.15, 0.2) is 5.84 Å². The predicted octanol–water partition coefficient (Wildman–Crippen LogP) is 4.85. The fourth-order valence-electron chi connectivity index (χ4n) is 3.49. The van der Waals surface area contributed by atoms with E-state index in [1.807, 2.05) is 35.0 Å². The number of hydrogen-bond donors (Lipinski definition) is 1. The number of hydrogen-bond acceptors (Lipinski definition) is 4. The third-order valence-corrected chi connectivity index (χ3v) is 6.20. The summed E-state index contributed by atoms with van der Waals surface area (Å²) in [6.07, 6.45) is 4.54. The van der Waals surface area contributed by atoms with Crippen molar-refractivity contribution in [2.45, 2.75) is 13.3 Å². The van der Waals surface area contributed by atoms with E-state index in [1.165, 1.54) is 34.5 Å². The van der Waals surface area contributed by atoms with E-state index in [-0.39, 0.29) is 17.2 Å². The van der Waals surface area contributed by atoms with Crippen LogP contribution < -0.4 is 0 Å². The molecule has 0 unspecified atom stereocenters. The van der Waals surface area contributed by atoms with Gasteiger partial charge in [-0.1, -0.05) is 19.1 Å². The largest absolute Gasteiger partial charge is 0.317 e. The number of halogens is 1. The van der Waals surface area contributed by atoms with E-state index in [0.29, 0.717) is 15.8 Å². The lowest BCUT2D eigenvalue weighted by molar-refractivity contribution is -0.114. The molecule has 6 nitrogen and oxygen atoms in total. The van der Waals surface area contributed by atoms with E-state index >= 15 is 0 Å². The van der Waals surface area contributed by atoms with Crippen LogP contribution in [0.3, 0.4) is 0 Å². The van der Waals surface area contributed by atoms with Gasteiger partial charge < -0.3 is 4.57 Å². The highest BCUT2D eigenvalue weighted by atomic mass is 32.2. The molecule has 32 heavy (non-hydrogen) atoms. The van der Waals surface area contributed by atoms with E-state index in [4.69, 9.17) is 5.41 Å². The topological polar surface area (TPSA) is 73.8 Å². The molecule has 0 saturated carbocycles. The molecule has 1 aromatic heterocycles. The Kier molecular flexibility index (Phi) is 5.07. The third kappa shape index (κ3) is 3.58. The second-order valence-corrected chi connectivity index (χ2v) is 8.21. The zero-order valence-corrected chi connectivity index (χ0v) is 17.9. The average molecular weight is 444 g/mol. The maximum atomic E-state index is 13.2. The number of fused-ring (bicyclic) bond motifs is 1. The SMILES string of the molecule is CCc1ccc(-n2cccc2/C=C2/C(=N)N3N=C(c4ccc(F)cc4)SC3=NC2=O)cc1. The Balaban J connectivity index is 1.47. The Morgan fingerprint density at radius 2 is 1.84 bits per heavy atom. The number of benzene rings is 2. The number of aryl methyl sites for hydroxylation is 1. The van der Waals surface area contributed by atoms with Gasteiger partial charge in [-0.3, -0.25) is 10.2 Å². The van der Waals surface area contributed by atoms with Crippen molar-refractivity contribution in [2.75, 3.05) is 0 Å². The molecule has 0 radical (unpaired) electrons. The zero-order chi connectivity index (χ0) is 22.2. The van der Waals surface area contributed by atoms with Crippen LogP contribution in [0.5, 0.6) is 0 Å². The maximum absolute atomic E-state index is 13.2. The Morgan fingerprint density at radius 3 is 2.56 bits per heavy atom. The van der Waals surface area contributed by atoms with Crippen LogP contribution in [0.2, 0.25) is 0 Å². The van der Waals surface area contributed by atoms with Gasteiger partial charge in [0.05, 0.1) is 5.57 Å². The molecule has 0 bridgehead atoms. The van der Waals surface area contributed by atoms with Gasteiger partial charge in [-0.05, 0) is 78.4 Å². The number of aliphatic imine (C=N–C) groups is 1. The number of carbonyl (C=O) groups is 1. The van der Waals surface area contributed by atoms with Crippen molar-refractivity contribution in [2.24, 2.45) is 10.1 Å². The zero-order valence-electron chi connectivity index (χ0n) is 17.1. The summed E-state index contributed by atoms with van der Waals surface area (Å²) in [5.41, 5.74) is 3.82. The van der Waals surface area contributed by atoms with Crippen molar-refractivity contribution in [3.8, 4) is 5.69 Å². The van der Waals surface area contributed by atoms with Crippen LogP contribution in [-0.2, 0) is 11.2 Å². The highest BCUT2D eigenvalue weighted by molar-refractivity contribution is 8.27. The van der Waals surface area contributed by atoms with E-state index in [0.717, 1.165) is 17.8 Å². The Morgan fingerprint density at radius 1 is 1.09 bits per heavy atom. The van der Waals surface area contributed by atoms with E-state index in [9.17, 15) is 9.18 Å². The smallest absolute Gasteiger partial charge is 0.283 e. The van der Waals surface area contributed by atoms with Crippen molar-refractivity contribution in [3.05, 3.63) is 95.1 Å². The molecule has 5 rings (SSSR count). The summed E-state index contributed by atoms with van der Waals surface area (Å²) in [6, 6.07) is 17.9. The summed E-state index contributed by atoms with van der Waals surface area (Å²) < 4.78 is 15.2. The summed E-state index contributed by atoms with van der Waals surface area (Å²) >= 11 is 1.18. The summed E-state index contributed by atoms with van der Waals surface area (Å²) in [7, 11) is 0. The van der Waals surface area contributed by atoms with Gasteiger partial charge >= 0.3 is 0 Å². The van der Waals surface area contributed by atoms with Gasteiger partial charge in [-0.25, -0.2) is 4.39 Å². The molecule has 0 spiro atoms. The fraction of sp³-hybridized carbons (Fsp3) is 0.0833. The minimum atomic E-state index is -0.488. The van der Waals surface area contributed by atoms with Gasteiger partial charge in [-0.15, -0.1) is 0 Å². The van der Waals surface area contributed by atoms with Gasteiger partial charge in [-0.2, -0.15) is 15.1 Å². The molecule has 0 fully saturated rings. The molecule has 2 aliphatic heterocycles. The highest BCUT2D eigenvalue weighted by Gasteiger charge is 2.36. The number of rotatable bonds is 4. The van der Waals surface area contributed by atoms with E-state index in [1.54, 1.807) is 18.2 Å². The monoisotopic (exact) mass is 443 g/mol. The van der Waals surface area contributed by atoms with Crippen molar-refractivity contribution in [3.63, 3.8) is 0 Å². The number of amidine groups is 2. The first-order valence-electron chi connectivity index (χ1n) is 10.1. The molecule has 3 aromatic rings. The van der Waals surface area contributed by atoms with Crippen molar-refractivity contribution in [1.29, 1.82) is 5.41 Å². The lowest BCUT2D eigenvalue weighted by atomic mass is 10.1. The molecular weight excluding hydrogens is 425 g/mol. The number of aromatic nitrogens is 1. The van der Waals surface area contributed by atoms with Crippen LogP contribution in [0.1, 0.15) is 23.7 Å². The first-order chi connectivity index (χ1) is 15.5. The van der Waals surface area contributed by atoms with Crippen LogP contribution in [0.15, 0.2) is 82.5 Å². The second-order valence-electron chi connectivity index (χ2n) is 7.26. The van der Waals surface area contributed by atoms with Crippen LogP contribution in [-0.4, -0.2) is 31.5 Å². The number of thioether (sulfide) groups is 1. The summed E-state index contributed by atoms with van der Waals surface area (Å²) in [5, 5.41) is 15.3. The molecule has 1 N–H and O–H groups in total. The molecule has 2 aromatic carbocycles.